The Bertz CT molecular complexity index is 856. The van der Waals surface area contributed by atoms with E-state index >= 15 is 0 Å². The van der Waals surface area contributed by atoms with Crippen molar-refractivity contribution in [2.45, 2.75) is 32.4 Å². The summed E-state index contributed by atoms with van der Waals surface area (Å²) in [5.41, 5.74) is 1.48. The van der Waals surface area contributed by atoms with Crippen LogP contribution in [-0.4, -0.2) is 40.9 Å². The number of amides is 2. The second-order valence-electron chi connectivity index (χ2n) is 6.33. The summed E-state index contributed by atoms with van der Waals surface area (Å²) in [6.45, 7) is 2.52. The fourth-order valence-corrected chi connectivity index (χ4v) is 3.21. The molecule has 0 aliphatic carbocycles. The molecule has 0 spiro atoms. The number of pyridine rings is 1. The standard InChI is InChI=1S/C18H21N3O3/c1-12-9-16(22)14-5-3-4-6-15(14)21(12)11-17(23)19-13-7-8-18(24)20(2)10-13/h3-6,9,13H,7-8,10-11H2,1-2H3,(H,19,23)/t13-/m0/s1. The number of piperidine rings is 1. The van der Waals surface area contributed by atoms with Crippen LogP contribution in [0.1, 0.15) is 18.5 Å². The van der Waals surface area contributed by atoms with Crippen LogP contribution in [0.15, 0.2) is 35.1 Å². The molecule has 1 aliphatic heterocycles. The van der Waals surface area contributed by atoms with E-state index in [4.69, 9.17) is 0 Å². The molecule has 126 valence electrons. The Hall–Kier alpha value is -2.63. The van der Waals surface area contributed by atoms with Crippen molar-refractivity contribution in [1.82, 2.24) is 14.8 Å². The summed E-state index contributed by atoms with van der Waals surface area (Å²) in [5.74, 6) is 0.00222. The number of fused-ring (bicyclic) bond motifs is 1. The SMILES string of the molecule is Cc1cc(=O)c2ccccc2n1CC(=O)N[C@H]1CCC(=O)N(C)C1. The monoisotopic (exact) mass is 327 g/mol. The van der Waals surface area contributed by atoms with Gasteiger partial charge in [0, 0.05) is 43.2 Å². The fourth-order valence-electron chi connectivity index (χ4n) is 3.21. The van der Waals surface area contributed by atoms with Crippen LogP contribution in [0, 0.1) is 6.92 Å². The lowest BCUT2D eigenvalue weighted by atomic mass is 10.1. The molecule has 6 heteroatoms. The lowest BCUT2D eigenvalue weighted by Crippen LogP contribution is -2.49. The van der Waals surface area contributed by atoms with Gasteiger partial charge in [-0.15, -0.1) is 0 Å². The van der Waals surface area contributed by atoms with E-state index in [2.05, 4.69) is 5.32 Å². The van der Waals surface area contributed by atoms with Gasteiger partial charge in [0.25, 0.3) is 0 Å². The summed E-state index contributed by atoms with van der Waals surface area (Å²) in [7, 11) is 1.75. The van der Waals surface area contributed by atoms with Crippen molar-refractivity contribution < 1.29 is 9.59 Å². The van der Waals surface area contributed by atoms with E-state index in [1.165, 1.54) is 0 Å². The first-order chi connectivity index (χ1) is 11.5. The van der Waals surface area contributed by atoms with Crippen LogP contribution in [-0.2, 0) is 16.1 Å². The molecule has 1 atom stereocenters. The molecule has 1 aromatic heterocycles. The van der Waals surface area contributed by atoms with Gasteiger partial charge in [0.2, 0.25) is 11.8 Å². The van der Waals surface area contributed by atoms with E-state index in [9.17, 15) is 14.4 Å². The molecule has 6 nitrogen and oxygen atoms in total. The summed E-state index contributed by atoms with van der Waals surface area (Å²) >= 11 is 0. The number of likely N-dealkylation sites (N-methyl/N-ethyl adjacent to an activating group) is 1. The molecule has 2 heterocycles. The fraction of sp³-hybridized carbons (Fsp3) is 0.389. The number of nitrogens with zero attached hydrogens (tertiary/aromatic N) is 2. The molecule has 1 aliphatic rings. The van der Waals surface area contributed by atoms with Crippen molar-refractivity contribution in [2.75, 3.05) is 13.6 Å². The lowest BCUT2D eigenvalue weighted by Gasteiger charge is -2.30. The normalized spacial score (nSPS) is 18.0. The first-order valence-electron chi connectivity index (χ1n) is 8.08. The van der Waals surface area contributed by atoms with Gasteiger partial charge in [-0.1, -0.05) is 12.1 Å². The van der Waals surface area contributed by atoms with Gasteiger partial charge in [-0.25, -0.2) is 0 Å². The van der Waals surface area contributed by atoms with E-state index in [0.717, 1.165) is 11.2 Å². The number of hydrogen-bond acceptors (Lipinski definition) is 3. The van der Waals surface area contributed by atoms with E-state index in [0.29, 0.717) is 24.8 Å². The zero-order chi connectivity index (χ0) is 17.3. The van der Waals surface area contributed by atoms with Crippen LogP contribution in [0.5, 0.6) is 0 Å². The molecule has 2 amide bonds. The van der Waals surface area contributed by atoms with Crippen LogP contribution in [0.25, 0.3) is 10.9 Å². The molecule has 1 saturated heterocycles. The number of aromatic nitrogens is 1. The summed E-state index contributed by atoms with van der Waals surface area (Å²) in [5, 5.41) is 3.60. The number of likely N-dealkylation sites (tertiary alicyclic amines) is 1. The second-order valence-corrected chi connectivity index (χ2v) is 6.33. The summed E-state index contributed by atoms with van der Waals surface area (Å²) in [4.78, 5) is 37.7. The average molecular weight is 327 g/mol. The quantitative estimate of drug-likeness (QED) is 0.916. The molecule has 3 rings (SSSR count). The smallest absolute Gasteiger partial charge is 0.240 e. The Morgan fingerprint density at radius 1 is 1.29 bits per heavy atom. The highest BCUT2D eigenvalue weighted by Crippen LogP contribution is 2.13. The number of aryl methyl sites for hydroxylation is 1. The van der Waals surface area contributed by atoms with E-state index in [1.54, 1.807) is 24.1 Å². The van der Waals surface area contributed by atoms with Crippen LogP contribution >= 0.6 is 0 Å². The molecular weight excluding hydrogens is 306 g/mol. The predicted octanol–water partition coefficient (Wildman–Crippen LogP) is 1.05. The van der Waals surface area contributed by atoms with Crippen molar-refractivity contribution in [3.05, 3.63) is 46.2 Å². The zero-order valence-electron chi connectivity index (χ0n) is 13.9. The highest BCUT2D eigenvalue weighted by atomic mass is 16.2. The number of para-hydroxylation sites is 1. The van der Waals surface area contributed by atoms with Gasteiger partial charge < -0.3 is 14.8 Å². The minimum absolute atomic E-state index is 0.0221. The van der Waals surface area contributed by atoms with Crippen molar-refractivity contribution in [3.8, 4) is 0 Å². The van der Waals surface area contributed by atoms with Gasteiger partial charge in [0.05, 0.1) is 5.52 Å². The maximum atomic E-state index is 12.4. The van der Waals surface area contributed by atoms with Crippen molar-refractivity contribution in [1.29, 1.82) is 0 Å². The van der Waals surface area contributed by atoms with Crippen LogP contribution in [0.3, 0.4) is 0 Å². The van der Waals surface area contributed by atoms with Crippen molar-refractivity contribution in [2.24, 2.45) is 0 Å². The molecule has 1 N–H and O–H groups in total. The number of carbonyl (C=O) groups is 2. The summed E-state index contributed by atoms with van der Waals surface area (Å²) < 4.78 is 1.85. The third-order valence-corrected chi connectivity index (χ3v) is 4.52. The Morgan fingerprint density at radius 3 is 2.79 bits per heavy atom. The number of hydrogen-bond donors (Lipinski definition) is 1. The maximum Gasteiger partial charge on any atom is 0.240 e. The van der Waals surface area contributed by atoms with E-state index in [1.807, 2.05) is 29.7 Å². The van der Waals surface area contributed by atoms with E-state index < -0.39 is 0 Å². The third-order valence-electron chi connectivity index (χ3n) is 4.52. The van der Waals surface area contributed by atoms with Gasteiger partial charge in [-0.3, -0.25) is 14.4 Å². The third kappa shape index (κ3) is 3.18. The summed E-state index contributed by atoms with van der Waals surface area (Å²) in [6, 6.07) is 8.83. The molecule has 24 heavy (non-hydrogen) atoms. The number of nitrogens with one attached hydrogen (secondary N) is 1. The zero-order valence-corrected chi connectivity index (χ0v) is 13.9. The summed E-state index contributed by atoms with van der Waals surface area (Å²) in [6.07, 6.45) is 1.13. The molecule has 1 fully saturated rings. The van der Waals surface area contributed by atoms with Gasteiger partial charge in [-0.2, -0.15) is 0 Å². The number of rotatable bonds is 3. The van der Waals surface area contributed by atoms with Crippen LogP contribution in [0.2, 0.25) is 0 Å². The Balaban J connectivity index is 1.79. The minimum Gasteiger partial charge on any atom is -0.350 e. The first-order valence-corrected chi connectivity index (χ1v) is 8.08. The van der Waals surface area contributed by atoms with Crippen LogP contribution in [0.4, 0.5) is 0 Å². The second kappa shape index (κ2) is 6.47. The van der Waals surface area contributed by atoms with Gasteiger partial charge in [-0.05, 0) is 25.5 Å². The largest absolute Gasteiger partial charge is 0.350 e. The van der Waals surface area contributed by atoms with Gasteiger partial charge in [0.1, 0.15) is 6.54 Å². The number of carbonyl (C=O) groups excluding carboxylic acids is 2. The first kappa shape index (κ1) is 16.2. The molecule has 0 bridgehead atoms. The van der Waals surface area contributed by atoms with Crippen molar-refractivity contribution in [3.63, 3.8) is 0 Å². The average Bonchev–Trinajstić information content (AvgIpc) is 2.55. The number of benzene rings is 1. The predicted molar refractivity (Wildman–Crippen MR) is 91.7 cm³/mol. The maximum absolute atomic E-state index is 12.4. The Labute approximate surface area is 140 Å². The lowest BCUT2D eigenvalue weighted by molar-refractivity contribution is -0.134. The molecule has 0 unspecified atom stereocenters. The topological polar surface area (TPSA) is 71.4 Å². The molecule has 2 aromatic rings. The molecular formula is C18H21N3O3. The molecule has 1 aromatic carbocycles. The highest BCUT2D eigenvalue weighted by Gasteiger charge is 2.24. The molecule has 0 radical (unpaired) electrons. The Kier molecular flexibility index (Phi) is 4.38. The van der Waals surface area contributed by atoms with Crippen molar-refractivity contribution >= 4 is 22.7 Å². The Morgan fingerprint density at radius 2 is 2.04 bits per heavy atom. The minimum atomic E-state index is -0.111. The van der Waals surface area contributed by atoms with Gasteiger partial charge >= 0.3 is 0 Å². The van der Waals surface area contributed by atoms with Gasteiger partial charge in [0.15, 0.2) is 5.43 Å². The molecule has 0 saturated carbocycles. The highest BCUT2D eigenvalue weighted by molar-refractivity contribution is 5.83. The van der Waals surface area contributed by atoms with E-state index in [-0.39, 0.29) is 29.8 Å². The van der Waals surface area contributed by atoms with Crippen LogP contribution < -0.4 is 10.7 Å².